The van der Waals surface area contributed by atoms with Crippen molar-refractivity contribution in [3.8, 4) is 0 Å². The maximum absolute atomic E-state index is 12.2. The fourth-order valence-corrected chi connectivity index (χ4v) is 3.30. The van der Waals surface area contributed by atoms with Gasteiger partial charge in [0.1, 0.15) is 23.8 Å². The number of aromatic nitrogens is 5. The van der Waals surface area contributed by atoms with Gasteiger partial charge in [-0.15, -0.1) is 0 Å². The van der Waals surface area contributed by atoms with Gasteiger partial charge in [-0.2, -0.15) is 15.1 Å². The largest absolute Gasteiger partial charge is 0.383 e. The van der Waals surface area contributed by atoms with E-state index in [4.69, 9.17) is 10.5 Å². The summed E-state index contributed by atoms with van der Waals surface area (Å²) in [4.78, 5) is 27.6. The van der Waals surface area contributed by atoms with E-state index >= 15 is 0 Å². The van der Waals surface area contributed by atoms with E-state index in [0.29, 0.717) is 61.8 Å². The molecule has 3 N–H and O–H groups in total. The summed E-state index contributed by atoms with van der Waals surface area (Å²) in [5, 5.41) is 7.02. The minimum absolute atomic E-state index is 0.116. The second-order valence-corrected chi connectivity index (χ2v) is 6.01. The Kier molecular flexibility index (Phi) is 3.96. The van der Waals surface area contributed by atoms with E-state index in [9.17, 15) is 4.79 Å². The number of nitrogens with zero attached hydrogens (tertiary/aromatic N) is 6. The summed E-state index contributed by atoms with van der Waals surface area (Å²) in [6.45, 7) is 5.27. The van der Waals surface area contributed by atoms with Gasteiger partial charge in [-0.1, -0.05) is 0 Å². The minimum atomic E-state index is -0.301. The summed E-state index contributed by atoms with van der Waals surface area (Å²) in [5.41, 5.74) is 6.97. The highest BCUT2D eigenvalue weighted by molar-refractivity contribution is 5.95. The predicted molar refractivity (Wildman–Crippen MR) is 90.3 cm³/mol. The maximum atomic E-state index is 12.2. The van der Waals surface area contributed by atoms with Crippen LogP contribution in [0.1, 0.15) is 30.7 Å². The first-order valence-electron chi connectivity index (χ1n) is 8.35. The van der Waals surface area contributed by atoms with Crippen molar-refractivity contribution in [3.63, 3.8) is 0 Å². The fraction of sp³-hybridized carbons (Fsp3) is 0.533. The Morgan fingerprint density at radius 2 is 2.16 bits per heavy atom. The van der Waals surface area contributed by atoms with Crippen LogP contribution >= 0.6 is 0 Å². The maximum Gasteiger partial charge on any atom is 0.229 e. The van der Waals surface area contributed by atoms with Crippen molar-refractivity contribution >= 4 is 23.5 Å². The first-order chi connectivity index (χ1) is 12.2. The molecule has 0 aromatic carbocycles. The standard InChI is InChI=1S/C15H20N8O2/c1-2-23-14(17-8-18-23)9-7-10(24)19-13-11(9)12(16)20-15(21-13)22-3-5-25-6-4-22/h8-9H,2-7H2,1H3,(H3,16,19,20,21,24)/t9-/m0/s1. The summed E-state index contributed by atoms with van der Waals surface area (Å²) in [7, 11) is 0. The number of fused-ring (bicyclic) bond motifs is 1. The zero-order valence-corrected chi connectivity index (χ0v) is 14.0. The fourth-order valence-electron chi connectivity index (χ4n) is 3.30. The summed E-state index contributed by atoms with van der Waals surface area (Å²) in [6, 6.07) is 0. The smallest absolute Gasteiger partial charge is 0.229 e. The van der Waals surface area contributed by atoms with Crippen LogP contribution in [0, 0.1) is 0 Å². The lowest BCUT2D eigenvalue weighted by atomic mass is 9.92. The SMILES string of the molecule is CCn1ncnc1[C@H]1CC(=O)Nc2nc(N3CCOCC3)nc(N)c21. The van der Waals surface area contributed by atoms with Crippen LogP contribution in [-0.2, 0) is 16.1 Å². The van der Waals surface area contributed by atoms with E-state index in [2.05, 4.69) is 25.4 Å². The number of carbonyl (C=O) groups is 1. The van der Waals surface area contributed by atoms with E-state index in [-0.39, 0.29) is 18.2 Å². The molecule has 10 nitrogen and oxygen atoms in total. The number of carbonyl (C=O) groups excluding carboxylic acids is 1. The summed E-state index contributed by atoms with van der Waals surface area (Å²) >= 11 is 0. The highest BCUT2D eigenvalue weighted by Crippen LogP contribution is 2.39. The number of nitrogen functional groups attached to an aromatic ring is 1. The summed E-state index contributed by atoms with van der Waals surface area (Å²) in [6.07, 6.45) is 1.74. The van der Waals surface area contributed by atoms with Crippen molar-refractivity contribution in [2.45, 2.75) is 25.8 Å². The Morgan fingerprint density at radius 3 is 2.92 bits per heavy atom. The Morgan fingerprint density at radius 1 is 1.36 bits per heavy atom. The molecule has 2 aromatic rings. The number of hydrogen-bond acceptors (Lipinski definition) is 8. The third-order valence-electron chi connectivity index (χ3n) is 4.51. The molecule has 0 bridgehead atoms. The monoisotopic (exact) mass is 344 g/mol. The molecule has 2 aliphatic heterocycles. The van der Waals surface area contributed by atoms with E-state index < -0.39 is 0 Å². The number of ether oxygens (including phenoxy) is 1. The van der Waals surface area contributed by atoms with Gasteiger partial charge in [-0.3, -0.25) is 4.79 Å². The molecule has 0 radical (unpaired) electrons. The van der Waals surface area contributed by atoms with Crippen LogP contribution in [0.25, 0.3) is 0 Å². The van der Waals surface area contributed by atoms with E-state index in [1.54, 1.807) is 4.68 Å². The van der Waals surface area contributed by atoms with Gasteiger partial charge in [0.15, 0.2) is 0 Å². The number of aryl methyl sites for hydroxylation is 1. The van der Waals surface area contributed by atoms with Crippen LogP contribution < -0.4 is 16.0 Å². The van der Waals surface area contributed by atoms with Gasteiger partial charge in [0.05, 0.1) is 19.1 Å². The van der Waals surface area contributed by atoms with Crippen LogP contribution in [-0.4, -0.2) is 56.9 Å². The van der Waals surface area contributed by atoms with Crippen molar-refractivity contribution in [3.05, 3.63) is 17.7 Å². The molecule has 4 heterocycles. The lowest BCUT2D eigenvalue weighted by Crippen LogP contribution is -2.38. The minimum Gasteiger partial charge on any atom is -0.383 e. The third-order valence-corrected chi connectivity index (χ3v) is 4.51. The van der Waals surface area contributed by atoms with E-state index in [0.717, 1.165) is 0 Å². The van der Waals surface area contributed by atoms with Gasteiger partial charge < -0.3 is 20.7 Å². The Hall–Kier alpha value is -2.75. The number of nitrogens with two attached hydrogens (primary N) is 1. The average Bonchev–Trinajstić information content (AvgIpc) is 3.10. The van der Waals surface area contributed by atoms with Crippen LogP contribution in [0.5, 0.6) is 0 Å². The first-order valence-corrected chi connectivity index (χ1v) is 8.35. The van der Waals surface area contributed by atoms with Crippen molar-refractivity contribution in [1.29, 1.82) is 0 Å². The van der Waals surface area contributed by atoms with Gasteiger partial charge >= 0.3 is 0 Å². The summed E-state index contributed by atoms with van der Waals surface area (Å²) in [5.74, 6) is 1.62. The molecule has 0 saturated carbocycles. The van der Waals surface area contributed by atoms with Crippen LogP contribution in [0.15, 0.2) is 6.33 Å². The Balaban J connectivity index is 1.77. The average molecular weight is 344 g/mol. The number of rotatable bonds is 3. The highest BCUT2D eigenvalue weighted by Gasteiger charge is 2.34. The number of hydrogen-bond donors (Lipinski definition) is 2. The molecule has 1 amide bonds. The lowest BCUT2D eigenvalue weighted by Gasteiger charge is -2.30. The molecule has 2 aliphatic rings. The van der Waals surface area contributed by atoms with Crippen LogP contribution in [0.2, 0.25) is 0 Å². The Bertz CT molecular complexity index is 799. The lowest BCUT2D eigenvalue weighted by molar-refractivity contribution is -0.116. The molecule has 1 atom stereocenters. The zero-order chi connectivity index (χ0) is 17.4. The number of anilines is 3. The van der Waals surface area contributed by atoms with Gasteiger partial charge in [0.25, 0.3) is 0 Å². The molecule has 0 aliphatic carbocycles. The number of amides is 1. The van der Waals surface area contributed by atoms with Gasteiger partial charge in [0.2, 0.25) is 11.9 Å². The molecule has 132 valence electrons. The van der Waals surface area contributed by atoms with Gasteiger partial charge in [0, 0.05) is 31.6 Å². The van der Waals surface area contributed by atoms with Gasteiger partial charge in [-0.25, -0.2) is 9.67 Å². The van der Waals surface area contributed by atoms with Gasteiger partial charge in [-0.05, 0) is 6.92 Å². The first kappa shape index (κ1) is 15.8. The highest BCUT2D eigenvalue weighted by atomic mass is 16.5. The molecule has 25 heavy (non-hydrogen) atoms. The van der Waals surface area contributed by atoms with Crippen molar-refractivity contribution in [1.82, 2.24) is 24.7 Å². The third kappa shape index (κ3) is 2.78. The molecule has 1 saturated heterocycles. The zero-order valence-electron chi connectivity index (χ0n) is 14.0. The number of nitrogens with one attached hydrogen (secondary N) is 1. The molecule has 2 aromatic heterocycles. The second-order valence-electron chi connectivity index (χ2n) is 6.01. The molecule has 4 rings (SSSR count). The topological polar surface area (TPSA) is 124 Å². The number of morpholine rings is 1. The normalized spacial score (nSPS) is 20.3. The van der Waals surface area contributed by atoms with Crippen molar-refractivity contribution < 1.29 is 9.53 Å². The molecular weight excluding hydrogens is 324 g/mol. The quantitative estimate of drug-likeness (QED) is 0.796. The molecule has 1 fully saturated rings. The Labute approximate surface area is 144 Å². The predicted octanol–water partition coefficient (Wildman–Crippen LogP) is -0.0191. The molecular formula is C15H20N8O2. The van der Waals surface area contributed by atoms with Crippen LogP contribution in [0.3, 0.4) is 0 Å². The van der Waals surface area contributed by atoms with E-state index in [1.165, 1.54) is 6.33 Å². The molecule has 0 spiro atoms. The second kappa shape index (κ2) is 6.28. The van der Waals surface area contributed by atoms with Crippen molar-refractivity contribution in [2.24, 2.45) is 0 Å². The molecule has 0 unspecified atom stereocenters. The van der Waals surface area contributed by atoms with E-state index in [1.807, 2.05) is 11.8 Å². The summed E-state index contributed by atoms with van der Waals surface area (Å²) < 4.78 is 7.12. The van der Waals surface area contributed by atoms with Crippen LogP contribution in [0.4, 0.5) is 17.6 Å². The van der Waals surface area contributed by atoms with Crippen molar-refractivity contribution in [2.75, 3.05) is 42.3 Å². The molecule has 10 heteroatoms.